The number of anilines is 1. The summed E-state index contributed by atoms with van der Waals surface area (Å²) < 4.78 is 45.6. The molecular weight excluding hydrogens is 335 g/mol. The molecule has 0 spiro atoms. The van der Waals surface area contributed by atoms with E-state index in [0.29, 0.717) is 5.69 Å². The van der Waals surface area contributed by atoms with Crippen LogP contribution in [0.2, 0.25) is 0 Å². The lowest BCUT2D eigenvalue weighted by molar-refractivity contribution is -0.237. The van der Waals surface area contributed by atoms with Crippen molar-refractivity contribution in [3.63, 3.8) is 0 Å². The third-order valence-electron chi connectivity index (χ3n) is 4.27. The quantitative estimate of drug-likeness (QED) is 0.920. The summed E-state index contributed by atoms with van der Waals surface area (Å²) in [7, 11) is 0. The molecule has 0 unspecified atom stereocenters. The van der Waals surface area contributed by atoms with Crippen molar-refractivity contribution in [2.45, 2.75) is 19.0 Å². The maximum atomic E-state index is 13.5. The summed E-state index contributed by atoms with van der Waals surface area (Å²) in [5.74, 6) is -1.30. The summed E-state index contributed by atoms with van der Waals surface area (Å²) in [6.07, 6.45) is -4.10. The number of rotatable bonds is 3. The average Bonchev–Trinajstić information content (AvgIpc) is 2.62. The van der Waals surface area contributed by atoms with Gasteiger partial charge in [-0.3, -0.25) is 10.1 Å². The van der Waals surface area contributed by atoms with Crippen molar-refractivity contribution in [2.75, 3.05) is 18.5 Å². The summed E-state index contributed by atoms with van der Waals surface area (Å²) >= 11 is 0. The van der Waals surface area contributed by atoms with Gasteiger partial charge in [-0.25, -0.2) is 9.97 Å². The molecular formula is C17H16F3N3O2. The van der Waals surface area contributed by atoms with E-state index < -0.39 is 30.3 Å². The van der Waals surface area contributed by atoms with E-state index in [9.17, 15) is 18.0 Å². The van der Waals surface area contributed by atoms with Crippen LogP contribution in [-0.2, 0) is 9.53 Å². The number of benzene rings is 1. The minimum atomic E-state index is -4.67. The van der Waals surface area contributed by atoms with E-state index in [1.165, 1.54) is 6.20 Å². The average molecular weight is 351 g/mol. The fourth-order valence-electron chi connectivity index (χ4n) is 2.77. The van der Waals surface area contributed by atoms with E-state index in [1.807, 2.05) is 30.3 Å². The van der Waals surface area contributed by atoms with Crippen LogP contribution < -0.4 is 5.32 Å². The van der Waals surface area contributed by atoms with Gasteiger partial charge in [-0.15, -0.1) is 0 Å². The van der Waals surface area contributed by atoms with Gasteiger partial charge in [0.15, 0.2) is 0 Å². The number of amides is 1. The Labute approximate surface area is 142 Å². The molecule has 0 aliphatic carbocycles. The van der Waals surface area contributed by atoms with Crippen molar-refractivity contribution < 1.29 is 22.7 Å². The summed E-state index contributed by atoms with van der Waals surface area (Å²) in [5, 5.41) is 2.23. The van der Waals surface area contributed by atoms with Gasteiger partial charge >= 0.3 is 6.18 Å². The number of carbonyl (C=O) groups excluding carboxylic acids is 1. The van der Waals surface area contributed by atoms with Gasteiger partial charge in [0.05, 0.1) is 5.69 Å². The number of hydrogen-bond donors (Lipinski definition) is 1. The molecule has 3 rings (SSSR count). The Morgan fingerprint density at radius 2 is 1.80 bits per heavy atom. The number of carbonyl (C=O) groups is 1. The minimum absolute atomic E-state index is 0.113. The van der Waals surface area contributed by atoms with Crippen LogP contribution in [0.4, 0.5) is 19.1 Å². The number of nitrogens with zero attached hydrogens (tertiary/aromatic N) is 2. The highest BCUT2D eigenvalue weighted by Gasteiger charge is 2.60. The molecule has 1 aliphatic rings. The monoisotopic (exact) mass is 351 g/mol. The lowest BCUT2D eigenvalue weighted by Gasteiger charge is -2.36. The van der Waals surface area contributed by atoms with Gasteiger partial charge in [-0.05, 0) is 18.9 Å². The van der Waals surface area contributed by atoms with E-state index >= 15 is 0 Å². The Hall–Kier alpha value is -2.48. The van der Waals surface area contributed by atoms with Gasteiger partial charge in [0.1, 0.15) is 5.41 Å². The summed E-state index contributed by atoms with van der Waals surface area (Å²) in [4.78, 5) is 20.4. The lowest BCUT2D eigenvalue weighted by Crippen LogP contribution is -2.51. The smallest absolute Gasteiger partial charge is 0.381 e. The first-order valence-corrected chi connectivity index (χ1v) is 7.77. The molecule has 1 aromatic heterocycles. The Morgan fingerprint density at radius 3 is 2.44 bits per heavy atom. The van der Waals surface area contributed by atoms with Crippen LogP contribution in [0.25, 0.3) is 11.3 Å². The second-order valence-corrected chi connectivity index (χ2v) is 5.78. The molecule has 1 aromatic carbocycles. The first-order valence-electron chi connectivity index (χ1n) is 7.77. The molecule has 5 nitrogen and oxygen atoms in total. The molecule has 2 aromatic rings. The number of ether oxygens (including phenoxy) is 1. The van der Waals surface area contributed by atoms with Crippen molar-refractivity contribution in [1.82, 2.24) is 9.97 Å². The summed E-state index contributed by atoms with van der Waals surface area (Å²) in [6, 6.07) is 10.7. The van der Waals surface area contributed by atoms with Crippen molar-refractivity contribution in [2.24, 2.45) is 5.41 Å². The Morgan fingerprint density at radius 1 is 1.12 bits per heavy atom. The highest BCUT2D eigenvalue weighted by Crippen LogP contribution is 2.46. The topological polar surface area (TPSA) is 64.1 Å². The van der Waals surface area contributed by atoms with Crippen LogP contribution in [0.3, 0.4) is 0 Å². The van der Waals surface area contributed by atoms with Crippen LogP contribution in [-0.4, -0.2) is 35.3 Å². The number of aromatic nitrogens is 2. The molecule has 1 saturated heterocycles. The zero-order valence-corrected chi connectivity index (χ0v) is 13.2. The number of halogens is 3. The van der Waals surface area contributed by atoms with Gasteiger partial charge in [-0.2, -0.15) is 13.2 Å². The largest absolute Gasteiger partial charge is 0.403 e. The van der Waals surface area contributed by atoms with Crippen LogP contribution in [0.15, 0.2) is 42.6 Å². The zero-order chi connectivity index (χ0) is 17.9. The number of nitrogens with one attached hydrogen (secondary N) is 1. The first kappa shape index (κ1) is 17.3. The molecule has 0 atom stereocenters. The van der Waals surface area contributed by atoms with E-state index in [2.05, 4.69) is 15.3 Å². The van der Waals surface area contributed by atoms with Crippen LogP contribution in [0, 0.1) is 5.41 Å². The highest BCUT2D eigenvalue weighted by molar-refractivity contribution is 5.94. The van der Waals surface area contributed by atoms with Gasteiger partial charge < -0.3 is 4.74 Å². The fourth-order valence-corrected chi connectivity index (χ4v) is 2.77. The molecule has 0 radical (unpaired) electrons. The fraction of sp³-hybridized carbons (Fsp3) is 0.353. The molecule has 1 fully saturated rings. The second-order valence-electron chi connectivity index (χ2n) is 5.78. The third-order valence-corrected chi connectivity index (χ3v) is 4.27. The maximum Gasteiger partial charge on any atom is 0.403 e. The van der Waals surface area contributed by atoms with Crippen molar-refractivity contribution in [3.8, 4) is 11.3 Å². The van der Waals surface area contributed by atoms with Gasteiger partial charge in [-0.1, -0.05) is 30.3 Å². The molecule has 2 heterocycles. The second kappa shape index (κ2) is 6.79. The highest BCUT2D eigenvalue weighted by atomic mass is 19.4. The van der Waals surface area contributed by atoms with Gasteiger partial charge in [0, 0.05) is 25.0 Å². The molecule has 1 aliphatic heterocycles. The predicted molar refractivity (Wildman–Crippen MR) is 84.6 cm³/mol. The third kappa shape index (κ3) is 3.48. The van der Waals surface area contributed by atoms with Crippen molar-refractivity contribution in [3.05, 3.63) is 42.6 Å². The van der Waals surface area contributed by atoms with Crippen molar-refractivity contribution in [1.29, 1.82) is 0 Å². The summed E-state index contributed by atoms with van der Waals surface area (Å²) in [6.45, 7) is -0.227. The molecule has 8 heteroatoms. The molecule has 132 valence electrons. The molecule has 1 N–H and O–H groups in total. The predicted octanol–water partition coefficient (Wildman–Crippen LogP) is 3.44. The van der Waals surface area contributed by atoms with E-state index in [1.54, 1.807) is 6.07 Å². The first-order chi connectivity index (χ1) is 11.9. The Kier molecular flexibility index (Phi) is 4.71. The van der Waals surface area contributed by atoms with Gasteiger partial charge in [0.2, 0.25) is 11.9 Å². The minimum Gasteiger partial charge on any atom is -0.381 e. The van der Waals surface area contributed by atoms with E-state index in [0.717, 1.165) is 5.56 Å². The van der Waals surface area contributed by atoms with Crippen LogP contribution >= 0.6 is 0 Å². The Bertz CT molecular complexity index is 744. The van der Waals surface area contributed by atoms with E-state index in [4.69, 9.17) is 4.74 Å². The molecule has 1 amide bonds. The summed E-state index contributed by atoms with van der Waals surface area (Å²) in [5.41, 5.74) is -1.19. The standard InChI is InChI=1S/C17H16F3N3O2/c18-17(19,20)16(7-10-25-11-8-16)14(24)23-15-21-9-6-13(22-15)12-4-2-1-3-5-12/h1-6,9H,7-8,10-11H2,(H,21,22,23,24). The Balaban J connectivity index is 1.85. The number of alkyl halides is 3. The molecule has 0 bridgehead atoms. The van der Waals surface area contributed by atoms with Gasteiger partial charge in [0.25, 0.3) is 0 Å². The SMILES string of the molecule is O=C(Nc1nccc(-c2ccccc2)n1)C1(C(F)(F)F)CCOCC1. The molecule has 25 heavy (non-hydrogen) atoms. The normalized spacial score (nSPS) is 17.1. The zero-order valence-electron chi connectivity index (χ0n) is 13.2. The van der Waals surface area contributed by atoms with E-state index in [-0.39, 0.29) is 19.2 Å². The lowest BCUT2D eigenvalue weighted by atomic mass is 9.78. The molecule has 0 saturated carbocycles. The number of hydrogen-bond acceptors (Lipinski definition) is 4. The van der Waals surface area contributed by atoms with Crippen LogP contribution in [0.5, 0.6) is 0 Å². The van der Waals surface area contributed by atoms with Crippen molar-refractivity contribution >= 4 is 11.9 Å². The maximum absolute atomic E-state index is 13.5. The van der Waals surface area contributed by atoms with Crippen LogP contribution in [0.1, 0.15) is 12.8 Å².